The van der Waals surface area contributed by atoms with Crippen LogP contribution in [0.3, 0.4) is 0 Å². The largest absolute Gasteiger partial charge is 0.497 e. The molecule has 14 heavy (non-hydrogen) atoms. The predicted molar refractivity (Wildman–Crippen MR) is 57.3 cm³/mol. The van der Waals surface area contributed by atoms with Gasteiger partial charge in [0.2, 0.25) is 0 Å². The fraction of sp³-hybridized carbons (Fsp3) is 0.0769. The van der Waals surface area contributed by atoms with Gasteiger partial charge in [-0.15, -0.1) is 0 Å². The smallest absolute Gasteiger partial charge is 0.119 e. The van der Waals surface area contributed by atoms with Crippen LogP contribution in [0.25, 0.3) is 11.1 Å². The first-order valence-electron chi connectivity index (χ1n) is 4.51. The highest BCUT2D eigenvalue weighted by atomic mass is 16.5. The third kappa shape index (κ3) is 1.77. The molecule has 1 heteroatoms. The Morgan fingerprint density at radius 3 is 2.36 bits per heavy atom. The quantitative estimate of drug-likeness (QED) is 0.694. The maximum atomic E-state index is 5.07. The van der Waals surface area contributed by atoms with Crippen LogP contribution in [0, 0.1) is 6.07 Å². The summed E-state index contributed by atoms with van der Waals surface area (Å²) in [5.74, 6) is 0.838. The summed E-state index contributed by atoms with van der Waals surface area (Å²) in [7, 11) is 1.66. The minimum absolute atomic E-state index is 0.838. The Bertz CT molecular complexity index is 389. The molecule has 0 aliphatic carbocycles. The van der Waals surface area contributed by atoms with Crippen LogP contribution in [0.5, 0.6) is 5.75 Å². The first-order valence-corrected chi connectivity index (χ1v) is 4.51. The topological polar surface area (TPSA) is 9.23 Å². The van der Waals surface area contributed by atoms with E-state index in [2.05, 4.69) is 18.2 Å². The first-order chi connectivity index (χ1) is 6.90. The van der Waals surface area contributed by atoms with Crippen molar-refractivity contribution in [1.82, 2.24) is 0 Å². The van der Waals surface area contributed by atoms with Crippen molar-refractivity contribution in [2.75, 3.05) is 7.11 Å². The van der Waals surface area contributed by atoms with Crippen LogP contribution in [0.2, 0.25) is 0 Å². The van der Waals surface area contributed by atoms with Gasteiger partial charge in [0.05, 0.1) is 7.11 Å². The number of hydrogen-bond acceptors (Lipinski definition) is 1. The second-order valence-corrected chi connectivity index (χ2v) is 3.01. The maximum absolute atomic E-state index is 5.07. The highest BCUT2D eigenvalue weighted by Gasteiger charge is 1.96. The van der Waals surface area contributed by atoms with Crippen LogP contribution in [0.1, 0.15) is 0 Å². The van der Waals surface area contributed by atoms with Gasteiger partial charge in [-0.25, -0.2) is 0 Å². The van der Waals surface area contributed by atoms with Crippen LogP contribution >= 0.6 is 0 Å². The molecule has 2 aromatic carbocycles. The Balaban J connectivity index is 2.34. The average molecular weight is 183 g/mol. The third-order valence-corrected chi connectivity index (χ3v) is 2.10. The molecule has 0 saturated carbocycles. The molecule has 0 aromatic heterocycles. The van der Waals surface area contributed by atoms with Crippen LogP contribution in [0.4, 0.5) is 0 Å². The van der Waals surface area contributed by atoms with E-state index < -0.39 is 0 Å². The van der Waals surface area contributed by atoms with E-state index in [0.29, 0.717) is 0 Å². The van der Waals surface area contributed by atoms with Crippen LogP contribution < -0.4 is 4.74 Å². The number of benzene rings is 2. The van der Waals surface area contributed by atoms with E-state index >= 15 is 0 Å². The zero-order chi connectivity index (χ0) is 9.80. The lowest BCUT2D eigenvalue weighted by molar-refractivity contribution is 0.415. The zero-order valence-electron chi connectivity index (χ0n) is 8.03. The Morgan fingerprint density at radius 1 is 1.00 bits per heavy atom. The summed E-state index contributed by atoms with van der Waals surface area (Å²) in [6, 6.07) is 19.2. The highest BCUT2D eigenvalue weighted by molar-refractivity contribution is 5.63. The molecule has 0 N–H and O–H groups in total. The monoisotopic (exact) mass is 183 g/mol. The van der Waals surface area contributed by atoms with Gasteiger partial charge in [0.15, 0.2) is 0 Å². The summed E-state index contributed by atoms with van der Waals surface area (Å²) < 4.78 is 5.07. The molecule has 0 atom stereocenters. The van der Waals surface area contributed by atoms with Crippen molar-refractivity contribution in [2.24, 2.45) is 0 Å². The summed E-state index contributed by atoms with van der Waals surface area (Å²) in [6.07, 6.45) is 0. The number of hydrogen-bond donors (Lipinski definition) is 0. The Labute approximate surface area is 84.0 Å². The molecule has 1 radical (unpaired) electrons. The Kier molecular flexibility index (Phi) is 2.50. The molecule has 2 aromatic rings. The molecule has 69 valence electrons. The van der Waals surface area contributed by atoms with Gasteiger partial charge in [-0.3, -0.25) is 0 Å². The van der Waals surface area contributed by atoms with Gasteiger partial charge in [0.1, 0.15) is 5.75 Å². The van der Waals surface area contributed by atoms with E-state index in [9.17, 15) is 0 Å². The van der Waals surface area contributed by atoms with Crippen molar-refractivity contribution >= 4 is 0 Å². The molecule has 0 bridgehead atoms. The highest BCUT2D eigenvalue weighted by Crippen LogP contribution is 2.20. The van der Waals surface area contributed by atoms with Gasteiger partial charge in [-0.1, -0.05) is 36.4 Å². The van der Waals surface area contributed by atoms with Crippen LogP contribution in [0.15, 0.2) is 48.5 Å². The number of ether oxygens (including phenoxy) is 1. The SMILES string of the molecule is COc1c[c]c(-c2ccccc2)cc1. The Morgan fingerprint density at radius 2 is 1.79 bits per heavy atom. The lowest BCUT2D eigenvalue weighted by Crippen LogP contribution is -1.82. The minimum Gasteiger partial charge on any atom is -0.497 e. The van der Waals surface area contributed by atoms with E-state index in [-0.39, 0.29) is 0 Å². The first kappa shape index (κ1) is 8.82. The van der Waals surface area contributed by atoms with Gasteiger partial charge >= 0.3 is 0 Å². The normalized spacial score (nSPS) is 9.79. The molecule has 0 saturated heterocycles. The molecule has 0 fully saturated rings. The van der Waals surface area contributed by atoms with Crippen molar-refractivity contribution in [3.8, 4) is 16.9 Å². The van der Waals surface area contributed by atoms with Gasteiger partial charge in [0, 0.05) is 0 Å². The van der Waals surface area contributed by atoms with Crippen LogP contribution in [-0.4, -0.2) is 7.11 Å². The van der Waals surface area contributed by atoms with E-state index in [4.69, 9.17) is 4.74 Å². The number of methoxy groups -OCH3 is 1. The molecule has 0 spiro atoms. The second kappa shape index (κ2) is 3.97. The lowest BCUT2D eigenvalue weighted by Gasteiger charge is -2.02. The van der Waals surface area contributed by atoms with Crippen molar-refractivity contribution in [2.45, 2.75) is 0 Å². The van der Waals surface area contributed by atoms with Gasteiger partial charge in [0.25, 0.3) is 0 Å². The summed E-state index contributed by atoms with van der Waals surface area (Å²) >= 11 is 0. The van der Waals surface area contributed by atoms with E-state index in [1.54, 1.807) is 7.11 Å². The van der Waals surface area contributed by atoms with Gasteiger partial charge < -0.3 is 4.74 Å². The molecular formula is C13H11O. The predicted octanol–water partition coefficient (Wildman–Crippen LogP) is 3.16. The van der Waals surface area contributed by atoms with Crippen molar-refractivity contribution in [3.63, 3.8) is 0 Å². The van der Waals surface area contributed by atoms with Crippen molar-refractivity contribution < 1.29 is 4.74 Å². The van der Waals surface area contributed by atoms with E-state index in [1.807, 2.05) is 36.4 Å². The third-order valence-electron chi connectivity index (χ3n) is 2.10. The van der Waals surface area contributed by atoms with E-state index in [1.165, 1.54) is 5.56 Å². The molecule has 1 nitrogen and oxygen atoms in total. The summed E-state index contributed by atoms with van der Waals surface area (Å²) in [4.78, 5) is 0. The van der Waals surface area contributed by atoms with E-state index in [0.717, 1.165) is 11.3 Å². The summed E-state index contributed by atoms with van der Waals surface area (Å²) in [6.45, 7) is 0. The molecule has 0 aliphatic rings. The van der Waals surface area contributed by atoms with Gasteiger partial charge in [-0.05, 0) is 29.3 Å². The van der Waals surface area contributed by atoms with Gasteiger partial charge in [-0.2, -0.15) is 0 Å². The molecular weight excluding hydrogens is 172 g/mol. The molecule has 0 amide bonds. The van der Waals surface area contributed by atoms with Crippen molar-refractivity contribution in [3.05, 3.63) is 54.6 Å². The molecule has 0 aliphatic heterocycles. The zero-order valence-corrected chi connectivity index (χ0v) is 8.03. The minimum atomic E-state index is 0.838. The summed E-state index contributed by atoms with van der Waals surface area (Å²) in [5, 5.41) is 0. The lowest BCUT2D eigenvalue weighted by atomic mass is 10.1. The molecule has 0 heterocycles. The second-order valence-electron chi connectivity index (χ2n) is 3.01. The molecule has 0 unspecified atom stereocenters. The Hall–Kier alpha value is -1.76. The maximum Gasteiger partial charge on any atom is 0.119 e. The molecule has 2 rings (SSSR count). The standard InChI is InChI=1S/C13H11O/c1-14-13-9-7-12(8-10-13)11-5-3-2-4-6-11/h2-7,9-10H,1H3. The van der Waals surface area contributed by atoms with Crippen LogP contribution in [-0.2, 0) is 0 Å². The number of rotatable bonds is 2. The fourth-order valence-electron chi connectivity index (χ4n) is 1.33. The van der Waals surface area contributed by atoms with Crippen molar-refractivity contribution in [1.29, 1.82) is 0 Å². The summed E-state index contributed by atoms with van der Waals surface area (Å²) in [5.41, 5.74) is 2.27. The fourth-order valence-corrected chi connectivity index (χ4v) is 1.33. The average Bonchev–Trinajstić information content (AvgIpc) is 2.30.